The number of fused-ring (bicyclic) bond motifs is 1. The molecule has 1 aliphatic rings. The van der Waals surface area contributed by atoms with E-state index in [1.165, 1.54) is 38.2 Å². The number of carbonyl (C=O) groups excluding carboxylic acids is 1. The second-order valence-electron chi connectivity index (χ2n) is 5.40. The van der Waals surface area contributed by atoms with E-state index in [0.29, 0.717) is 0 Å². The lowest BCUT2D eigenvalue weighted by molar-refractivity contribution is -0.128. The van der Waals surface area contributed by atoms with Crippen molar-refractivity contribution in [3.05, 3.63) is 29.8 Å². The third-order valence-corrected chi connectivity index (χ3v) is 7.79. The van der Waals surface area contributed by atoms with Gasteiger partial charge in [0.2, 0.25) is 15.9 Å². The molecule has 1 atom stereocenters. The average molecular weight is 346 g/mol. The zero-order valence-corrected chi connectivity index (χ0v) is 14.2. The molecule has 0 N–H and O–H groups in total. The molecule has 0 fully saturated rings. The van der Waals surface area contributed by atoms with E-state index in [0.717, 1.165) is 4.31 Å². The summed E-state index contributed by atoms with van der Waals surface area (Å²) in [7, 11) is -3.23. The SMILES string of the molecule is CN(C)C(=O)CN(C)S(=O)(=O)[C@H]1CS(=O)(=O)c2ccccc21. The van der Waals surface area contributed by atoms with Gasteiger partial charge in [0.05, 0.1) is 17.2 Å². The van der Waals surface area contributed by atoms with E-state index in [4.69, 9.17) is 0 Å². The third kappa shape index (κ3) is 2.88. The van der Waals surface area contributed by atoms with Gasteiger partial charge in [0.25, 0.3) is 0 Å². The highest BCUT2D eigenvalue weighted by atomic mass is 32.2. The highest BCUT2D eigenvalue weighted by molar-refractivity contribution is 7.95. The average Bonchev–Trinajstić information content (AvgIpc) is 2.71. The van der Waals surface area contributed by atoms with E-state index in [1.54, 1.807) is 12.1 Å². The van der Waals surface area contributed by atoms with Crippen LogP contribution in [-0.4, -0.2) is 65.4 Å². The summed E-state index contributed by atoms with van der Waals surface area (Å²) >= 11 is 0. The van der Waals surface area contributed by atoms with Crippen LogP contribution >= 0.6 is 0 Å². The maximum atomic E-state index is 12.6. The Bertz CT molecular complexity index is 799. The molecule has 7 nitrogen and oxygen atoms in total. The van der Waals surface area contributed by atoms with Crippen molar-refractivity contribution in [2.45, 2.75) is 10.1 Å². The van der Waals surface area contributed by atoms with Crippen molar-refractivity contribution < 1.29 is 21.6 Å². The summed E-state index contributed by atoms with van der Waals surface area (Å²) in [5.74, 6) is -0.866. The lowest BCUT2D eigenvalue weighted by Gasteiger charge is -2.22. The van der Waals surface area contributed by atoms with Gasteiger partial charge in [0, 0.05) is 21.1 Å². The van der Waals surface area contributed by atoms with Crippen molar-refractivity contribution >= 4 is 25.8 Å². The molecule has 122 valence electrons. The molecule has 22 heavy (non-hydrogen) atoms. The molecule has 1 aromatic carbocycles. The van der Waals surface area contributed by atoms with Gasteiger partial charge in [-0.3, -0.25) is 4.79 Å². The van der Waals surface area contributed by atoms with E-state index < -0.39 is 30.9 Å². The van der Waals surface area contributed by atoms with Gasteiger partial charge >= 0.3 is 0 Å². The number of hydrogen-bond donors (Lipinski definition) is 0. The molecule has 0 radical (unpaired) electrons. The normalized spacial score (nSPS) is 19.9. The first-order valence-corrected chi connectivity index (χ1v) is 9.70. The van der Waals surface area contributed by atoms with Crippen LogP contribution in [0.25, 0.3) is 0 Å². The minimum Gasteiger partial charge on any atom is -0.348 e. The number of nitrogens with zero attached hydrogens (tertiary/aromatic N) is 2. The number of rotatable bonds is 4. The van der Waals surface area contributed by atoms with E-state index >= 15 is 0 Å². The number of sulfonamides is 1. The van der Waals surface area contributed by atoms with Gasteiger partial charge in [0.15, 0.2) is 9.84 Å². The highest BCUT2D eigenvalue weighted by Crippen LogP contribution is 2.39. The van der Waals surface area contributed by atoms with Crippen LogP contribution in [0.4, 0.5) is 0 Å². The molecule has 0 aromatic heterocycles. The smallest absolute Gasteiger partial charge is 0.237 e. The Morgan fingerprint density at radius 2 is 1.82 bits per heavy atom. The second-order valence-corrected chi connectivity index (χ2v) is 9.62. The van der Waals surface area contributed by atoms with Crippen molar-refractivity contribution in [3.8, 4) is 0 Å². The van der Waals surface area contributed by atoms with Crippen LogP contribution in [-0.2, 0) is 24.7 Å². The zero-order valence-electron chi connectivity index (χ0n) is 12.6. The van der Waals surface area contributed by atoms with E-state index in [9.17, 15) is 21.6 Å². The molecule has 1 amide bonds. The van der Waals surface area contributed by atoms with Crippen molar-refractivity contribution in [3.63, 3.8) is 0 Å². The molecular weight excluding hydrogens is 328 g/mol. The van der Waals surface area contributed by atoms with Crippen LogP contribution in [0.1, 0.15) is 10.8 Å². The number of benzene rings is 1. The van der Waals surface area contributed by atoms with Gasteiger partial charge in [-0.2, -0.15) is 4.31 Å². The molecule has 2 rings (SSSR count). The van der Waals surface area contributed by atoms with Gasteiger partial charge in [-0.25, -0.2) is 16.8 Å². The lowest BCUT2D eigenvalue weighted by Crippen LogP contribution is -2.40. The van der Waals surface area contributed by atoms with Gasteiger partial charge in [-0.1, -0.05) is 18.2 Å². The van der Waals surface area contributed by atoms with Crippen LogP contribution in [0.3, 0.4) is 0 Å². The largest absolute Gasteiger partial charge is 0.348 e. The topological polar surface area (TPSA) is 91.8 Å². The minimum atomic E-state index is -3.95. The summed E-state index contributed by atoms with van der Waals surface area (Å²) < 4.78 is 50.4. The quantitative estimate of drug-likeness (QED) is 0.757. The van der Waals surface area contributed by atoms with Crippen molar-refractivity contribution in [2.75, 3.05) is 33.4 Å². The molecule has 0 unspecified atom stereocenters. The van der Waals surface area contributed by atoms with Crippen molar-refractivity contribution in [2.24, 2.45) is 0 Å². The molecule has 1 aliphatic heterocycles. The fourth-order valence-corrected chi connectivity index (χ4v) is 6.46. The fraction of sp³-hybridized carbons (Fsp3) is 0.462. The molecule has 0 spiro atoms. The van der Waals surface area contributed by atoms with Gasteiger partial charge in [0.1, 0.15) is 5.25 Å². The maximum absolute atomic E-state index is 12.6. The Morgan fingerprint density at radius 1 is 1.23 bits per heavy atom. The van der Waals surface area contributed by atoms with E-state index in [1.807, 2.05) is 0 Å². The summed E-state index contributed by atoms with van der Waals surface area (Å²) in [6, 6.07) is 6.08. The van der Waals surface area contributed by atoms with Crippen LogP contribution < -0.4 is 0 Å². The van der Waals surface area contributed by atoms with Gasteiger partial charge in [-0.15, -0.1) is 0 Å². The summed E-state index contributed by atoms with van der Waals surface area (Å²) in [6.45, 7) is -0.325. The molecular formula is C13H18N2O5S2. The number of likely N-dealkylation sites (N-methyl/N-ethyl adjacent to an activating group) is 2. The predicted molar refractivity (Wildman–Crippen MR) is 81.5 cm³/mol. The molecule has 9 heteroatoms. The molecule has 0 bridgehead atoms. The first-order chi connectivity index (χ1) is 10.1. The summed E-state index contributed by atoms with van der Waals surface area (Å²) in [6.07, 6.45) is 0. The Morgan fingerprint density at radius 3 is 2.41 bits per heavy atom. The Labute approximate surface area is 130 Å². The summed E-state index contributed by atoms with van der Waals surface area (Å²) in [5, 5.41) is -1.17. The number of amides is 1. The monoisotopic (exact) mass is 346 g/mol. The van der Waals surface area contributed by atoms with Crippen LogP contribution in [0.5, 0.6) is 0 Å². The Kier molecular flexibility index (Phi) is 4.33. The number of carbonyl (C=O) groups is 1. The fourth-order valence-electron chi connectivity index (χ4n) is 2.29. The standard InChI is InChI=1S/C13H18N2O5S2/c1-14(2)13(16)8-15(3)22(19,20)12-9-21(17,18)11-7-5-4-6-10(11)12/h4-7,12H,8-9H2,1-3H3/t12-/m0/s1. The molecule has 0 saturated carbocycles. The number of hydrogen-bond acceptors (Lipinski definition) is 5. The van der Waals surface area contributed by atoms with E-state index in [-0.39, 0.29) is 22.9 Å². The Balaban J connectivity index is 2.38. The highest BCUT2D eigenvalue weighted by Gasteiger charge is 2.44. The maximum Gasteiger partial charge on any atom is 0.237 e. The molecule has 0 aliphatic carbocycles. The third-order valence-electron chi connectivity index (χ3n) is 3.62. The zero-order chi connectivity index (χ0) is 16.7. The molecule has 1 aromatic rings. The predicted octanol–water partition coefficient (Wildman–Crippen LogP) is -0.135. The molecule has 1 heterocycles. The Hall–Kier alpha value is -1.45. The van der Waals surface area contributed by atoms with Crippen molar-refractivity contribution in [1.29, 1.82) is 0 Å². The van der Waals surface area contributed by atoms with E-state index in [2.05, 4.69) is 0 Å². The first-order valence-electron chi connectivity index (χ1n) is 6.54. The van der Waals surface area contributed by atoms with Crippen LogP contribution in [0.2, 0.25) is 0 Å². The minimum absolute atomic E-state index is 0.0518. The van der Waals surface area contributed by atoms with Gasteiger partial charge < -0.3 is 4.90 Å². The lowest BCUT2D eigenvalue weighted by atomic mass is 10.2. The van der Waals surface area contributed by atoms with Gasteiger partial charge in [-0.05, 0) is 11.6 Å². The van der Waals surface area contributed by atoms with Crippen LogP contribution in [0, 0.1) is 0 Å². The van der Waals surface area contributed by atoms with Crippen molar-refractivity contribution in [1.82, 2.24) is 9.21 Å². The number of sulfone groups is 1. The molecule has 0 saturated heterocycles. The summed E-state index contributed by atoms with van der Waals surface area (Å²) in [4.78, 5) is 13.0. The summed E-state index contributed by atoms with van der Waals surface area (Å²) in [5.41, 5.74) is 0.270. The second kappa shape index (κ2) is 5.64. The first kappa shape index (κ1) is 16.9. The van der Waals surface area contributed by atoms with Crippen LogP contribution in [0.15, 0.2) is 29.2 Å².